The van der Waals surface area contributed by atoms with Gasteiger partial charge in [0.2, 0.25) is 0 Å². The van der Waals surface area contributed by atoms with Crippen molar-refractivity contribution in [2.45, 2.75) is 25.8 Å². The fraction of sp³-hybridized carbons (Fsp3) is 0.571. The third kappa shape index (κ3) is 3.09. The summed E-state index contributed by atoms with van der Waals surface area (Å²) in [5.74, 6) is 0. The smallest absolute Gasteiger partial charge is 0.111 e. The van der Waals surface area contributed by atoms with E-state index in [2.05, 4.69) is 32.9 Å². The van der Waals surface area contributed by atoms with Gasteiger partial charge in [0.05, 0.1) is 11.6 Å². The highest BCUT2D eigenvalue weighted by Crippen LogP contribution is 2.31. The molecule has 1 aliphatic rings. The summed E-state index contributed by atoms with van der Waals surface area (Å²) in [6.45, 7) is 6.67. The molecular formula is C14H20N4S2. The molecule has 1 saturated heterocycles. The number of aromatic nitrogens is 2. The van der Waals surface area contributed by atoms with Gasteiger partial charge in [-0.3, -0.25) is 4.90 Å². The maximum atomic E-state index is 4.85. The van der Waals surface area contributed by atoms with Crippen LogP contribution >= 0.6 is 22.7 Å². The molecule has 2 aromatic heterocycles. The fourth-order valence-corrected chi connectivity index (χ4v) is 4.15. The van der Waals surface area contributed by atoms with Crippen molar-refractivity contribution in [3.8, 4) is 11.4 Å². The molecule has 0 saturated carbocycles. The molecule has 1 fully saturated rings. The molecule has 4 nitrogen and oxygen atoms in total. The van der Waals surface area contributed by atoms with Crippen LogP contribution < -0.4 is 5.32 Å². The number of thiazole rings is 2. The van der Waals surface area contributed by atoms with Crippen molar-refractivity contribution < 1.29 is 0 Å². The summed E-state index contributed by atoms with van der Waals surface area (Å²) in [5.41, 5.74) is 3.91. The van der Waals surface area contributed by atoms with E-state index in [1.165, 1.54) is 17.8 Å². The highest BCUT2D eigenvalue weighted by Gasteiger charge is 2.24. The number of nitrogens with zero attached hydrogens (tertiary/aromatic N) is 3. The molecule has 0 amide bonds. The van der Waals surface area contributed by atoms with Crippen LogP contribution in [0.2, 0.25) is 0 Å². The molecule has 3 heterocycles. The van der Waals surface area contributed by atoms with E-state index < -0.39 is 0 Å². The number of nitrogens with one attached hydrogen (secondary N) is 1. The Morgan fingerprint density at radius 2 is 2.15 bits per heavy atom. The Labute approximate surface area is 127 Å². The van der Waals surface area contributed by atoms with E-state index >= 15 is 0 Å². The molecule has 2 aromatic rings. The van der Waals surface area contributed by atoms with Crippen molar-refractivity contribution in [1.82, 2.24) is 20.2 Å². The topological polar surface area (TPSA) is 41.1 Å². The summed E-state index contributed by atoms with van der Waals surface area (Å²) in [6.07, 6.45) is 2.38. The Balaban J connectivity index is 1.80. The maximum Gasteiger partial charge on any atom is 0.111 e. The van der Waals surface area contributed by atoms with Crippen LogP contribution in [0.15, 0.2) is 16.3 Å². The Bertz CT molecular complexity index is 517. The minimum atomic E-state index is 0.472. The van der Waals surface area contributed by atoms with E-state index in [-0.39, 0.29) is 0 Å². The van der Waals surface area contributed by atoms with Crippen molar-refractivity contribution in [2.75, 3.05) is 26.2 Å². The first kappa shape index (κ1) is 14.1. The normalized spacial score (nSPS) is 18.2. The summed E-state index contributed by atoms with van der Waals surface area (Å²) in [7, 11) is 0. The van der Waals surface area contributed by atoms with Gasteiger partial charge in [0.25, 0.3) is 0 Å². The Morgan fingerprint density at radius 3 is 2.85 bits per heavy atom. The number of piperazine rings is 1. The highest BCUT2D eigenvalue weighted by molar-refractivity contribution is 7.10. The Kier molecular flexibility index (Phi) is 4.77. The highest BCUT2D eigenvalue weighted by atomic mass is 32.1. The van der Waals surface area contributed by atoms with Gasteiger partial charge < -0.3 is 5.32 Å². The van der Waals surface area contributed by atoms with Gasteiger partial charge in [-0.05, 0) is 6.42 Å². The molecule has 0 bridgehead atoms. The van der Waals surface area contributed by atoms with Crippen LogP contribution in [0.25, 0.3) is 11.4 Å². The van der Waals surface area contributed by atoms with E-state index in [0.717, 1.165) is 37.6 Å². The van der Waals surface area contributed by atoms with Crippen LogP contribution in [0.4, 0.5) is 0 Å². The van der Waals surface area contributed by atoms with Crippen molar-refractivity contribution in [3.63, 3.8) is 0 Å². The first-order valence-corrected chi connectivity index (χ1v) is 8.99. The molecule has 3 rings (SSSR count). The van der Waals surface area contributed by atoms with Crippen LogP contribution in [0.3, 0.4) is 0 Å². The minimum absolute atomic E-state index is 0.472. The van der Waals surface area contributed by atoms with Crippen molar-refractivity contribution >= 4 is 22.7 Å². The Hall–Kier alpha value is -0.820. The first-order valence-electron chi connectivity index (χ1n) is 7.17. The third-order valence-corrected chi connectivity index (χ3v) is 5.19. The second-order valence-corrected chi connectivity index (χ2v) is 6.64. The monoisotopic (exact) mass is 308 g/mol. The minimum Gasteiger partial charge on any atom is -0.314 e. The van der Waals surface area contributed by atoms with Crippen molar-refractivity contribution in [2.24, 2.45) is 0 Å². The fourth-order valence-electron chi connectivity index (χ4n) is 2.63. The van der Waals surface area contributed by atoms with E-state index in [1.54, 1.807) is 22.7 Å². The summed E-state index contributed by atoms with van der Waals surface area (Å²) in [4.78, 5) is 11.8. The lowest BCUT2D eigenvalue weighted by molar-refractivity contribution is 0.164. The maximum absolute atomic E-state index is 4.85. The van der Waals surface area contributed by atoms with Gasteiger partial charge in [0, 0.05) is 36.9 Å². The average molecular weight is 308 g/mol. The van der Waals surface area contributed by atoms with Gasteiger partial charge in [0.1, 0.15) is 16.4 Å². The number of hydrogen-bond acceptors (Lipinski definition) is 6. The molecule has 1 N–H and O–H groups in total. The van der Waals surface area contributed by atoms with E-state index in [9.17, 15) is 0 Å². The summed E-state index contributed by atoms with van der Waals surface area (Å²) >= 11 is 3.41. The summed E-state index contributed by atoms with van der Waals surface area (Å²) in [6, 6.07) is 0.472. The Morgan fingerprint density at radius 1 is 1.30 bits per heavy atom. The van der Waals surface area contributed by atoms with Gasteiger partial charge in [0.15, 0.2) is 0 Å². The number of hydrogen-bond donors (Lipinski definition) is 1. The SMILES string of the molecule is CCCC(c1nc(-c2cscn2)cs1)N1CCNCC1. The predicted octanol–water partition coefficient (Wildman–Crippen LogP) is 3.01. The molecule has 1 unspecified atom stereocenters. The van der Waals surface area contributed by atoms with Crippen LogP contribution in [0, 0.1) is 0 Å². The number of rotatable bonds is 5. The first-order chi connectivity index (χ1) is 9.88. The second-order valence-electron chi connectivity index (χ2n) is 5.04. The van der Waals surface area contributed by atoms with Crippen molar-refractivity contribution in [1.29, 1.82) is 0 Å². The van der Waals surface area contributed by atoms with Gasteiger partial charge in [-0.1, -0.05) is 13.3 Å². The van der Waals surface area contributed by atoms with Crippen LogP contribution in [-0.2, 0) is 0 Å². The van der Waals surface area contributed by atoms with Gasteiger partial charge in [-0.2, -0.15) is 0 Å². The predicted molar refractivity (Wildman–Crippen MR) is 85.3 cm³/mol. The molecule has 20 heavy (non-hydrogen) atoms. The van der Waals surface area contributed by atoms with Gasteiger partial charge in [-0.25, -0.2) is 9.97 Å². The largest absolute Gasteiger partial charge is 0.314 e. The standard InChI is InChI=1S/C14H20N4S2/c1-2-3-13(18-6-4-15-5-7-18)14-17-12(9-20-14)11-8-19-10-16-11/h8-10,13,15H,2-7H2,1H3. The van der Waals surface area contributed by atoms with Crippen LogP contribution in [0.5, 0.6) is 0 Å². The van der Waals surface area contributed by atoms with Gasteiger partial charge >= 0.3 is 0 Å². The lowest BCUT2D eigenvalue weighted by Gasteiger charge is -2.33. The molecule has 0 aromatic carbocycles. The molecule has 108 valence electrons. The zero-order valence-electron chi connectivity index (χ0n) is 11.7. The van der Waals surface area contributed by atoms with Crippen LogP contribution in [-0.4, -0.2) is 41.0 Å². The summed E-state index contributed by atoms with van der Waals surface area (Å²) < 4.78 is 0. The van der Waals surface area contributed by atoms with E-state index in [1.807, 2.05) is 5.51 Å². The molecule has 0 radical (unpaired) electrons. The molecule has 6 heteroatoms. The van der Waals surface area contributed by atoms with E-state index in [0.29, 0.717) is 6.04 Å². The van der Waals surface area contributed by atoms with E-state index in [4.69, 9.17) is 4.98 Å². The van der Waals surface area contributed by atoms with Crippen molar-refractivity contribution in [3.05, 3.63) is 21.3 Å². The quantitative estimate of drug-likeness (QED) is 0.922. The zero-order valence-corrected chi connectivity index (χ0v) is 13.3. The summed E-state index contributed by atoms with van der Waals surface area (Å²) in [5, 5.41) is 8.89. The molecule has 1 aliphatic heterocycles. The van der Waals surface area contributed by atoms with Crippen LogP contribution in [0.1, 0.15) is 30.8 Å². The van der Waals surface area contributed by atoms with Gasteiger partial charge in [-0.15, -0.1) is 22.7 Å². The third-order valence-electron chi connectivity index (χ3n) is 3.66. The lowest BCUT2D eigenvalue weighted by atomic mass is 10.1. The molecule has 0 aliphatic carbocycles. The molecule has 0 spiro atoms. The second kappa shape index (κ2) is 6.76. The molecule has 1 atom stereocenters. The zero-order chi connectivity index (χ0) is 13.8. The lowest BCUT2D eigenvalue weighted by Crippen LogP contribution is -2.45. The molecular weight excluding hydrogens is 288 g/mol. The average Bonchev–Trinajstić information content (AvgIpc) is 3.16.